The first-order valence-electron chi connectivity index (χ1n) is 5.38. The maximum Gasteiger partial charge on any atom is 0.328 e. The Morgan fingerprint density at radius 1 is 1.44 bits per heavy atom. The molecular formula is C11H19N3O2. The van der Waals surface area contributed by atoms with Gasteiger partial charge in [-0.1, -0.05) is 6.92 Å². The van der Waals surface area contributed by atoms with Crippen LogP contribution >= 0.6 is 0 Å². The quantitative estimate of drug-likeness (QED) is 0.811. The number of hydrogen-bond donors (Lipinski definition) is 1. The van der Waals surface area contributed by atoms with E-state index < -0.39 is 0 Å². The highest BCUT2D eigenvalue weighted by molar-refractivity contribution is 5.76. The molecule has 1 aromatic rings. The summed E-state index contributed by atoms with van der Waals surface area (Å²) >= 11 is 0. The van der Waals surface area contributed by atoms with E-state index >= 15 is 0 Å². The van der Waals surface area contributed by atoms with Crippen LogP contribution in [0.3, 0.4) is 0 Å². The highest BCUT2D eigenvalue weighted by atomic mass is 16.2. The molecule has 0 aromatic carbocycles. The molecule has 90 valence electrons. The smallest absolute Gasteiger partial charge is 0.328 e. The van der Waals surface area contributed by atoms with Crippen LogP contribution in [0.5, 0.6) is 0 Å². The number of carbonyl (C=O) groups is 1. The maximum atomic E-state index is 11.7. The summed E-state index contributed by atoms with van der Waals surface area (Å²) in [6, 6.07) is 0. The van der Waals surface area contributed by atoms with Gasteiger partial charge >= 0.3 is 5.69 Å². The predicted molar refractivity (Wildman–Crippen MR) is 62.2 cm³/mol. The first-order chi connectivity index (χ1) is 7.35. The third-order valence-electron chi connectivity index (χ3n) is 2.69. The Morgan fingerprint density at radius 2 is 2.06 bits per heavy atom. The predicted octanol–water partition coefficient (Wildman–Crippen LogP) is 0.492. The van der Waals surface area contributed by atoms with Crippen LogP contribution in [-0.2, 0) is 18.4 Å². The number of rotatable bonds is 4. The molecule has 1 N–H and O–H groups in total. The van der Waals surface area contributed by atoms with Gasteiger partial charge in [-0.15, -0.1) is 0 Å². The van der Waals surface area contributed by atoms with Gasteiger partial charge in [-0.05, 0) is 20.3 Å². The summed E-state index contributed by atoms with van der Waals surface area (Å²) in [4.78, 5) is 23.2. The Labute approximate surface area is 95.1 Å². The van der Waals surface area contributed by atoms with Crippen LogP contribution < -0.4 is 11.0 Å². The fourth-order valence-corrected chi connectivity index (χ4v) is 1.29. The van der Waals surface area contributed by atoms with Gasteiger partial charge in [0.2, 0.25) is 5.91 Å². The van der Waals surface area contributed by atoms with Crippen LogP contribution in [0, 0.1) is 0 Å². The minimum atomic E-state index is -0.227. The van der Waals surface area contributed by atoms with Gasteiger partial charge in [-0.3, -0.25) is 9.36 Å². The van der Waals surface area contributed by atoms with Crippen molar-refractivity contribution in [3.8, 4) is 0 Å². The molecule has 0 fully saturated rings. The molecule has 1 aromatic heterocycles. The molecule has 0 bridgehead atoms. The maximum absolute atomic E-state index is 11.7. The average molecular weight is 225 g/mol. The molecule has 0 radical (unpaired) electrons. The fourth-order valence-electron chi connectivity index (χ4n) is 1.29. The van der Waals surface area contributed by atoms with E-state index in [4.69, 9.17) is 0 Å². The third kappa shape index (κ3) is 2.98. The number of aryl methyl sites for hydroxylation is 1. The summed E-state index contributed by atoms with van der Waals surface area (Å²) in [5.41, 5.74) is -0.403. The van der Waals surface area contributed by atoms with E-state index in [1.54, 1.807) is 19.4 Å². The van der Waals surface area contributed by atoms with E-state index in [0.29, 0.717) is 0 Å². The Balaban J connectivity index is 2.66. The minimum Gasteiger partial charge on any atom is -0.350 e. The number of aromatic nitrogens is 2. The molecule has 0 aliphatic heterocycles. The van der Waals surface area contributed by atoms with E-state index in [9.17, 15) is 9.59 Å². The molecule has 16 heavy (non-hydrogen) atoms. The molecule has 1 amide bonds. The Morgan fingerprint density at radius 3 is 2.50 bits per heavy atom. The Hall–Kier alpha value is -1.52. The van der Waals surface area contributed by atoms with Crippen LogP contribution in [0.4, 0.5) is 0 Å². The number of carbonyl (C=O) groups excluding carboxylic acids is 1. The third-order valence-corrected chi connectivity index (χ3v) is 2.69. The monoisotopic (exact) mass is 225 g/mol. The second kappa shape index (κ2) is 4.55. The van der Waals surface area contributed by atoms with Crippen molar-refractivity contribution in [3.05, 3.63) is 22.9 Å². The molecule has 5 heteroatoms. The van der Waals surface area contributed by atoms with Gasteiger partial charge in [0, 0.05) is 25.0 Å². The van der Waals surface area contributed by atoms with E-state index in [0.717, 1.165) is 6.42 Å². The van der Waals surface area contributed by atoms with Gasteiger partial charge in [0.25, 0.3) is 0 Å². The van der Waals surface area contributed by atoms with E-state index in [1.165, 1.54) is 9.13 Å². The van der Waals surface area contributed by atoms with E-state index in [1.807, 2.05) is 20.8 Å². The first-order valence-corrected chi connectivity index (χ1v) is 5.38. The number of amides is 1. The van der Waals surface area contributed by atoms with Crippen LogP contribution in [0.15, 0.2) is 17.2 Å². The van der Waals surface area contributed by atoms with Crippen molar-refractivity contribution in [3.63, 3.8) is 0 Å². The number of nitrogens with zero attached hydrogens (tertiary/aromatic N) is 2. The molecule has 0 saturated heterocycles. The average Bonchev–Trinajstić information content (AvgIpc) is 2.49. The van der Waals surface area contributed by atoms with Crippen LogP contribution in [-0.4, -0.2) is 20.6 Å². The highest BCUT2D eigenvalue weighted by Crippen LogP contribution is 2.06. The Bertz CT molecular complexity index is 429. The van der Waals surface area contributed by atoms with Gasteiger partial charge in [0.05, 0.1) is 0 Å². The second-order valence-corrected chi connectivity index (χ2v) is 4.61. The van der Waals surface area contributed by atoms with Gasteiger partial charge in [0.1, 0.15) is 6.54 Å². The second-order valence-electron chi connectivity index (χ2n) is 4.61. The lowest BCUT2D eigenvalue weighted by Crippen LogP contribution is -2.45. The SMILES string of the molecule is CCC(C)(C)NC(=O)Cn1ccn(C)c1=O. The van der Waals surface area contributed by atoms with Gasteiger partial charge < -0.3 is 9.88 Å². The first kappa shape index (κ1) is 12.5. The van der Waals surface area contributed by atoms with Crippen molar-refractivity contribution in [2.75, 3.05) is 0 Å². The molecule has 0 aliphatic rings. The number of nitrogens with one attached hydrogen (secondary N) is 1. The largest absolute Gasteiger partial charge is 0.350 e. The van der Waals surface area contributed by atoms with Crippen molar-refractivity contribution in [1.82, 2.24) is 14.5 Å². The van der Waals surface area contributed by atoms with Gasteiger partial charge in [-0.25, -0.2) is 4.79 Å². The molecular weight excluding hydrogens is 206 g/mol. The molecule has 0 atom stereocenters. The molecule has 0 unspecified atom stereocenters. The van der Waals surface area contributed by atoms with E-state index in [2.05, 4.69) is 5.32 Å². The lowest BCUT2D eigenvalue weighted by molar-refractivity contribution is -0.123. The standard InChI is InChI=1S/C11H19N3O2/c1-5-11(2,3)12-9(15)8-14-7-6-13(4)10(14)16/h6-7H,5,8H2,1-4H3,(H,12,15). The normalized spacial score (nSPS) is 11.5. The summed E-state index contributed by atoms with van der Waals surface area (Å²) < 4.78 is 2.83. The summed E-state index contributed by atoms with van der Waals surface area (Å²) in [7, 11) is 1.66. The van der Waals surface area contributed by atoms with Crippen molar-refractivity contribution in [2.24, 2.45) is 7.05 Å². The fraction of sp³-hybridized carbons (Fsp3) is 0.636. The molecule has 0 aliphatic carbocycles. The van der Waals surface area contributed by atoms with Crippen molar-refractivity contribution >= 4 is 5.91 Å². The van der Waals surface area contributed by atoms with Crippen LogP contribution in [0.1, 0.15) is 27.2 Å². The van der Waals surface area contributed by atoms with Crippen LogP contribution in [0.2, 0.25) is 0 Å². The van der Waals surface area contributed by atoms with Gasteiger partial charge in [0.15, 0.2) is 0 Å². The summed E-state index contributed by atoms with van der Waals surface area (Å²) in [5.74, 6) is -0.139. The van der Waals surface area contributed by atoms with Crippen molar-refractivity contribution in [2.45, 2.75) is 39.3 Å². The zero-order valence-electron chi connectivity index (χ0n) is 10.3. The molecule has 0 saturated carbocycles. The Kier molecular flexibility index (Phi) is 3.57. The molecule has 5 nitrogen and oxygen atoms in total. The lowest BCUT2D eigenvalue weighted by Gasteiger charge is -2.24. The van der Waals surface area contributed by atoms with Crippen molar-refractivity contribution < 1.29 is 4.79 Å². The van der Waals surface area contributed by atoms with Crippen LogP contribution in [0.25, 0.3) is 0 Å². The van der Waals surface area contributed by atoms with Crippen molar-refractivity contribution in [1.29, 1.82) is 0 Å². The summed E-state index contributed by atoms with van der Waals surface area (Å²) in [6.07, 6.45) is 4.10. The minimum absolute atomic E-state index is 0.0725. The van der Waals surface area contributed by atoms with Gasteiger partial charge in [-0.2, -0.15) is 0 Å². The lowest BCUT2D eigenvalue weighted by atomic mass is 10.0. The number of hydrogen-bond acceptors (Lipinski definition) is 2. The van der Waals surface area contributed by atoms with E-state index in [-0.39, 0.29) is 23.7 Å². The zero-order chi connectivity index (χ0) is 12.3. The molecule has 1 heterocycles. The summed E-state index contributed by atoms with van der Waals surface area (Å²) in [6.45, 7) is 6.00. The highest BCUT2D eigenvalue weighted by Gasteiger charge is 2.18. The molecule has 0 spiro atoms. The zero-order valence-corrected chi connectivity index (χ0v) is 10.3. The number of imidazole rings is 1. The topological polar surface area (TPSA) is 56.0 Å². The summed E-state index contributed by atoms with van der Waals surface area (Å²) in [5, 5.41) is 2.88. The molecule has 1 rings (SSSR count).